The second kappa shape index (κ2) is 2.78. The average molecular weight is 206 g/mol. The van der Waals surface area contributed by atoms with E-state index in [4.69, 9.17) is 14.6 Å². The number of hydrogen-bond donors (Lipinski definition) is 3. The molecule has 0 aromatic carbocycles. The molecule has 0 saturated heterocycles. The molecule has 11 heavy (non-hydrogen) atoms. The molecule has 1 unspecified atom stereocenters. The molecule has 0 bridgehead atoms. The third-order valence-electron chi connectivity index (χ3n) is 0.485. The van der Waals surface area contributed by atoms with Crippen LogP contribution in [0.25, 0.3) is 0 Å². The van der Waals surface area contributed by atoms with Gasteiger partial charge in [0, 0.05) is 0 Å². The quantitative estimate of drug-likeness (QED) is 0.412. The van der Waals surface area contributed by atoms with Gasteiger partial charge in [-0.1, -0.05) is 0 Å². The fourth-order valence-electron chi connectivity index (χ4n) is 0.146. The van der Waals surface area contributed by atoms with Crippen LogP contribution in [0.15, 0.2) is 0 Å². The largest absolute Gasteiger partial charge is 0.523 e. The predicted octanol–water partition coefficient (Wildman–Crippen LogP) is -0.331. The maximum absolute atomic E-state index is 10.2. The minimum absolute atomic E-state index is 2.27. The summed E-state index contributed by atoms with van der Waals surface area (Å²) in [5.74, 6) is 0. The Kier molecular flexibility index (Phi) is 2.62. The van der Waals surface area contributed by atoms with E-state index in [2.05, 4.69) is 4.52 Å². The van der Waals surface area contributed by atoms with Crippen molar-refractivity contribution in [2.45, 2.75) is 0 Å². The molecule has 8 nitrogen and oxygen atoms in total. The summed E-state index contributed by atoms with van der Waals surface area (Å²) in [6.45, 7) is -5.50. The van der Waals surface area contributed by atoms with Crippen LogP contribution in [0.3, 0.4) is 0 Å². The number of carboxylic acid groups (broad SMARTS) is 1. The lowest BCUT2D eigenvalue weighted by Gasteiger charge is -2.03. The van der Waals surface area contributed by atoms with Crippen LogP contribution in [-0.4, -0.2) is 29.1 Å². The van der Waals surface area contributed by atoms with Gasteiger partial charge in [-0.3, -0.25) is 4.55 Å². The summed E-state index contributed by atoms with van der Waals surface area (Å²) < 4.78 is 40.7. The van der Waals surface area contributed by atoms with Crippen molar-refractivity contribution in [3.05, 3.63) is 0 Å². The second-order valence-corrected chi connectivity index (χ2v) is 6.06. The third kappa shape index (κ3) is 2.85. The van der Waals surface area contributed by atoms with Gasteiger partial charge in [0.2, 0.25) is 0 Å². The molecule has 1 atom stereocenters. The summed E-state index contributed by atoms with van der Waals surface area (Å²) in [5, 5.41) is 7.68. The lowest BCUT2D eigenvalue weighted by atomic mass is 11.5. The van der Waals surface area contributed by atoms with Gasteiger partial charge in [0.15, 0.2) is 0 Å². The van der Waals surface area contributed by atoms with Gasteiger partial charge >= 0.3 is 22.7 Å². The molecule has 0 fully saturated rings. The summed E-state index contributed by atoms with van der Waals surface area (Å²) in [4.78, 5) is 17.7. The molecule has 0 aliphatic rings. The lowest BCUT2D eigenvalue weighted by molar-refractivity contribution is 0.140. The van der Waals surface area contributed by atoms with E-state index in [-0.39, 0.29) is 0 Å². The predicted molar refractivity (Wildman–Crippen MR) is 30.5 cm³/mol. The number of hydrogen-bond acceptors (Lipinski definition) is 5. The zero-order chi connectivity index (χ0) is 9.28. The molecule has 0 aliphatic carbocycles. The second-order valence-electron chi connectivity index (χ2n) is 1.27. The first-order chi connectivity index (χ1) is 4.67. The molecule has 0 spiro atoms. The Morgan fingerprint density at radius 2 is 1.82 bits per heavy atom. The molecule has 66 valence electrons. The first-order valence-corrected chi connectivity index (χ1v) is 5.52. The van der Waals surface area contributed by atoms with Gasteiger partial charge in [-0.2, -0.15) is 8.42 Å². The van der Waals surface area contributed by atoms with E-state index in [0.29, 0.717) is 0 Å². The van der Waals surface area contributed by atoms with E-state index < -0.39 is 22.7 Å². The molecular formula is CH3O8PS. The highest BCUT2D eigenvalue weighted by atomic mass is 32.8. The molecule has 0 aromatic heterocycles. The topological polar surface area (TPSA) is 138 Å². The normalized spacial score (nSPS) is 16.9. The van der Waals surface area contributed by atoms with E-state index in [1.165, 1.54) is 0 Å². The fraction of sp³-hybridized carbons (Fsp3) is 0. The van der Waals surface area contributed by atoms with Crippen molar-refractivity contribution < 1.29 is 36.9 Å². The Balaban J connectivity index is 4.79. The minimum atomic E-state index is -5.50. The van der Waals surface area contributed by atoms with Gasteiger partial charge in [0.1, 0.15) is 0 Å². The molecule has 10 heteroatoms. The van der Waals surface area contributed by atoms with Crippen LogP contribution in [-0.2, 0) is 18.8 Å². The minimum Gasteiger partial charge on any atom is -0.449 e. The van der Waals surface area contributed by atoms with Crippen LogP contribution in [0.2, 0.25) is 0 Å². The van der Waals surface area contributed by atoms with Crippen molar-refractivity contribution in [3.63, 3.8) is 0 Å². The molecule has 0 aliphatic heterocycles. The zero-order valence-corrected chi connectivity index (χ0v) is 6.45. The summed E-state index contributed by atoms with van der Waals surface area (Å²) in [6.07, 6.45) is -2.27. The summed E-state index contributed by atoms with van der Waals surface area (Å²) in [7, 11) is -5.39. The Labute approximate surface area is 60.4 Å². The third-order valence-corrected chi connectivity index (χ3v) is 3.43. The zero-order valence-electron chi connectivity index (χ0n) is 4.74. The van der Waals surface area contributed by atoms with Crippen molar-refractivity contribution in [1.82, 2.24) is 0 Å². The van der Waals surface area contributed by atoms with Crippen molar-refractivity contribution in [2.75, 3.05) is 0 Å². The SMILES string of the molecule is O=C(O)OP(=O)(O)S(=O)(=O)O. The van der Waals surface area contributed by atoms with Crippen molar-refractivity contribution in [2.24, 2.45) is 0 Å². The first kappa shape index (κ1) is 10.4. The highest BCUT2D eigenvalue weighted by Gasteiger charge is 2.40. The van der Waals surface area contributed by atoms with Crippen molar-refractivity contribution in [1.29, 1.82) is 0 Å². The highest BCUT2D eigenvalue weighted by Crippen LogP contribution is 2.47. The van der Waals surface area contributed by atoms with Gasteiger partial charge < -0.3 is 14.5 Å². The van der Waals surface area contributed by atoms with E-state index in [1.54, 1.807) is 0 Å². The average Bonchev–Trinajstić information content (AvgIpc) is 1.56. The van der Waals surface area contributed by atoms with Crippen LogP contribution >= 0.6 is 6.80 Å². The monoisotopic (exact) mass is 206 g/mol. The molecule has 0 heterocycles. The molecule has 3 N–H and O–H groups in total. The van der Waals surface area contributed by atoms with Gasteiger partial charge in [0.05, 0.1) is 0 Å². The molecule has 0 aromatic rings. The van der Waals surface area contributed by atoms with Crippen LogP contribution in [0, 0.1) is 0 Å². The summed E-state index contributed by atoms with van der Waals surface area (Å²) in [5.41, 5.74) is 0. The van der Waals surface area contributed by atoms with Gasteiger partial charge in [-0.05, 0) is 0 Å². The summed E-state index contributed by atoms with van der Waals surface area (Å²) >= 11 is 0. The fourth-order valence-corrected chi connectivity index (χ4v) is 0.911. The van der Waals surface area contributed by atoms with Crippen molar-refractivity contribution in [3.8, 4) is 0 Å². The molecule has 0 amide bonds. The number of rotatable bonds is 2. The van der Waals surface area contributed by atoms with Crippen LogP contribution in [0.4, 0.5) is 4.79 Å². The van der Waals surface area contributed by atoms with Crippen LogP contribution < -0.4 is 0 Å². The summed E-state index contributed by atoms with van der Waals surface area (Å²) in [6, 6.07) is 0. The Bertz CT molecular complexity index is 298. The van der Waals surface area contributed by atoms with Gasteiger partial charge in [0.25, 0.3) is 0 Å². The smallest absolute Gasteiger partial charge is 0.449 e. The lowest BCUT2D eigenvalue weighted by Crippen LogP contribution is -2.06. The maximum atomic E-state index is 10.2. The molecular weight excluding hydrogens is 203 g/mol. The molecule has 0 radical (unpaired) electrons. The van der Waals surface area contributed by atoms with Crippen LogP contribution in [0.5, 0.6) is 0 Å². The Hall–Kier alpha value is -0.630. The van der Waals surface area contributed by atoms with E-state index in [0.717, 1.165) is 0 Å². The Morgan fingerprint density at radius 1 is 1.45 bits per heavy atom. The van der Waals surface area contributed by atoms with Gasteiger partial charge in [-0.15, -0.1) is 0 Å². The number of carbonyl (C=O) groups is 1. The van der Waals surface area contributed by atoms with Crippen molar-refractivity contribution >= 4 is 22.7 Å². The van der Waals surface area contributed by atoms with Gasteiger partial charge in [-0.25, -0.2) is 9.36 Å². The van der Waals surface area contributed by atoms with Crippen LogP contribution in [0.1, 0.15) is 0 Å². The molecule has 0 rings (SSSR count). The first-order valence-electron chi connectivity index (χ1n) is 1.90. The van der Waals surface area contributed by atoms with E-state index >= 15 is 0 Å². The van der Waals surface area contributed by atoms with E-state index in [9.17, 15) is 17.8 Å². The van der Waals surface area contributed by atoms with E-state index in [1.807, 2.05) is 0 Å². The Morgan fingerprint density at radius 3 is 1.91 bits per heavy atom. The highest BCUT2D eigenvalue weighted by molar-refractivity contribution is 8.46. The molecule has 0 saturated carbocycles. The maximum Gasteiger partial charge on any atom is 0.523 e. The standard InChI is InChI=1S/CH3O8PS/c2-1(3)9-10(4,5)11(6,7)8/h(H,2,3)(H,4,5)(H,6,7,8).